The molecule has 0 heterocycles. The molecular weight excluding hydrogens is 285 g/mol. The SMILES string of the molecule is C[C@]1(O)c2cc(C(=O)N=C(N)N)ccc2-c2c(F)cccc21. The molecule has 1 atom stereocenters. The van der Waals surface area contributed by atoms with Gasteiger partial charge in [-0.05, 0) is 41.8 Å². The lowest BCUT2D eigenvalue weighted by Gasteiger charge is -2.20. The first-order valence-electron chi connectivity index (χ1n) is 6.62. The van der Waals surface area contributed by atoms with Gasteiger partial charge in [-0.2, -0.15) is 4.99 Å². The minimum Gasteiger partial charge on any atom is -0.381 e. The molecule has 3 rings (SSSR count). The van der Waals surface area contributed by atoms with E-state index in [1.165, 1.54) is 18.2 Å². The normalized spacial score (nSPS) is 18.5. The maximum absolute atomic E-state index is 14.1. The van der Waals surface area contributed by atoms with Crippen LogP contribution < -0.4 is 11.5 Å². The van der Waals surface area contributed by atoms with Gasteiger partial charge < -0.3 is 16.6 Å². The fourth-order valence-corrected chi connectivity index (χ4v) is 2.83. The number of nitrogens with two attached hydrogens (primary N) is 2. The molecule has 6 heteroatoms. The topological polar surface area (TPSA) is 102 Å². The standard InChI is InChI=1S/C16H14FN3O2/c1-16(22)10-3-2-4-12(17)13(10)9-6-5-8(7-11(9)16)14(21)20-15(18)19/h2-7,22H,1H3,(H4,18,19,20,21)/t16-/m1/s1. The second-order valence-corrected chi connectivity index (χ2v) is 5.34. The smallest absolute Gasteiger partial charge is 0.280 e. The van der Waals surface area contributed by atoms with Crippen LogP contribution >= 0.6 is 0 Å². The molecule has 0 radical (unpaired) electrons. The number of aliphatic hydroxyl groups is 1. The number of hydrogen-bond acceptors (Lipinski definition) is 2. The Bertz CT molecular complexity index is 824. The summed E-state index contributed by atoms with van der Waals surface area (Å²) in [6.07, 6.45) is 0. The highest BCUT2D eigenvalue weighted by molar-refractivity contribution is 6.02. The molecule has 0 spiro atoms. The number of carbonyl (C=O) groups excluding carboxylic acids is 1. The molecule has 5 nitrogen and oxygen atoms in total. The number of fused-ring (bicyclic) bond motifs is 3. The summed E-state index contributed by atoms with van der Waals surface area (Å²) in [5.41, 5.74) is 11.0. The summed E-state index contributed by atoms with van der Waals surface area (Å²) in [4.78, 5) is 15.4. The highest BCUT2D eigenvalue weighted by Gasteiger charge is 2.39. The summed E-state index contributed by atoms with van der Waals surface area (Å²) in [5, 5.41) is 10.7. The molecule has 2 aromatic rings. The first-order chi connectivity index (χ1) is 10.3. The minimum atomic E-state index is -1.39. The van der Waals surface area contributed by atoms with Gasteiger partial charge >= 0.3 is 0 Å². The van der Waals surface area contributed by atoms with E-state index < -0.39 is 17.3 Å². The quantitative estimate of drug-likeness (QED) is 0.548. The van der Waals surface area contributed by atoms with Crippen LogP contribution in [0.4, 0.5) is 4.39 Å². The van der Waals surface area contributed by atoms with E-state index in [1.807, 2.05) is 0 Å². The summed E-state index contributed by atoms with van der Waals surface area (Å²) >= 11 is 0. The van der Waals surface area contributed by atoms with E-state index >= 15 is 0 Å². The van der Waals surface area contributed by atoms with Gasteiger partial charge in [-0.25, -0.2) is 4.39 Å². The highest BCUT2D eigenvalue weighted by atomic mass is 19.1. The summed E-state index contributed by atoms with van der Waals surface area (Å²) in [5.74, 6) is -1.37. The number of halogens is 1. The van der Waals surface area contributed by atoms with Gasteiger partial charge in [0.15, 0.2) is 5.96 Å². The lowest BCUT2D eigenvalue weighted by Crippen LogP contribution is -2.24. The molecule has 5 N–H and O–H groups in total. The first-order valence-corrected chi connectivity index (χ1v) is 6.62. The molecule has 0 fully saturated rings. The number of carbonyl (C=O) groups is 1. The zero-order valence-electron chi connectivity index (χ0n) is 11.8. The van der Waals surface area contributed by atoms with Crippen LogP contribution in [0.3, 0.4) is 0 Å². The molecule has 1 amide bonds. The van der Waals surface area contributed by atoms with Crippen molar-refractivity contribution in [1.29, 1.82) is 0 Å². The molecule has 0 aliphatic heterocycles. The van der Waals surface area contributed by atoms with E-state index in [9.17, 15) is 14.3 Å². The number of hydrogen-bond donors (Lipinski definition) is 3. The van der Waals surface area contributed by atoms with E-state index in [1.54, 1.807) is 25.1 Å². The Kier molecular flexibility index (Phi) is 3.00. The van der Waals surface area contributed by atoms with Crippen LogP contribution in [-0.4, -0.2) is 17.0 Å². The maximum Gasteiger partial charge on any atom is 0.280 e. The van der Waals surface area contributed by atoms with E-state index in [0.717, 1.165) is 0 Å². The van der Waals surface area contributed by atoms with Crippen molar-refractivity contribution in [3.63, 3.8) is 0 Å². The van der Waals surface area contributed by atoms with Crippen molar-refractivity contribution in [3.05, 3.63) is 58.9 Å². The minimum absolute atomic E-state index is 0.223. The molecule has 1 aliphatic carbocycles. The number of benzene rings is 2. The Morgan fingerprint density at radius 2 is 1.95 bits per heavy atom. The molecule has 22 heavy (non-hydrogen) atoms. The lowest BCUT2D eigenvalue weighted by molar-refractivity contribution is 0.0999. The number of guanidine groups is 1. The average Bonchev–Trinajstić information content (AvgIpc) is 2.68. The predicted octanol–water partition coefficient (Wildman–Crippen LogP) is 1.48. The average molecular weight is 299 g/mol. The predicted molar refractivity (Wildman–Crippen MR) is 80.6 cm³/mol. The zero-order chi connectivity index (χ0) is 16.1. The molecular formula is C16H14FN3O2. The number of amides is 1. The van der Waals surface area contributed by atoms with Crippen LogP contribution in [0.2, 0.25) is 0 Å². The van der Waals surface area contributed by atoms with Gasteiger partial charge in [0, 0.05) is 11.1 Å². The fraction of sp³-hybridized carbons (Fsp3) is 0.125. The van der Waals surface area contributed by atoms with E-state index in [-0.39, 0.29) is 11.5 Å². The van der Waals surface area contributed by atoms with E-state index in [0.29, 0.717) is 22.3 Å². The maximum atomic E-state index is 14.1. The number of nitrogens with zero attached hydrogens (tertiary/aromatic N) is 1. The molecule has 2 aromatic carbocycles. The first kappa shape index (κ1) is 14.2. The molecule has 1 aliphatic rings. The summed E-state index contributed by atoms with van der Waals surface area (Å²) in [7, 11) is 0. The Morgan fingerprint density at radius 3 is 2.64 bits per heavy atom. The van der Waals surface area contributed by atoms with E-state index in [4.69, 9.17) is 11.5 Å². The van der Waals surface area contributed by atoms with Crippen molar-refractivity contribution in [2.45, 2.75) is 12.5 Å². The van der Waals surface area contributed by atoms with Gasteiger partial charge in [0.2, 0.25) is 0 Å². The summed E-state index contributed by atoms with van der Waals surface area (Å²) in [6.45, 7) is 1.56. The summed E-state index contributed by atoms with van der Waals surface area (Å²) < 4.78 is 14.1. The third-order valence-electron chi connectivity index (χ3n) is 3.83. The molecule has 0 unspecified atom stereocenters. The van der Waals surface area contributed by atoms with Crippen LogP contribution in [0, 0.1) is 5.82 Å². The molecule has 0 saturated heterocycles. The van der Waals surface area contributed by atoms with Gasteiger partial charge in [0.05, 0.1) is 0 Å². The third-order valence-corrected chi connectivity index (χ3v) is 3.83. The van der Waals surface area contributed by atoms with Crippen LogP contribution in [-0.2, 0) is 5.60 Å². The fourth-order valence-electron chi connectivity index (χ4n) is 2.83. The van der Waals surface area contributed by atoms with Crippen LogP contribution in [0.15, 0.2) is 41.4 Å². The number of rotatable bonds is 1. The third kappa shape index (κ3) is 1.96. The highest BCUT2D eigenvalue weighted by Crippen LogP contribution is 2.48. The van der Waals surface area contributed by atoms with Crippen LogP contribution in [0.1, 0.15) is 28.4 Å². The van der Waals surface area contributed by atoms with Crippen LogP contribution in [0.25, 0.3) is 11.1 Å². The largest absolute Gasteiger partial charge is 0.381 e. The zero-order valence-corrected chi connectivity index (χ0v) is 11.8. The van der Waals surface area contributed by atoms with E-state index in [2.05, 4.69) is 4.99 Å². The van der Waals surface area contributed by atoms with Crippen molar-refractivity contribution < 1.29 is 14.3 Å². The second-order valence-electron chi connectivity index (χ2n) is 5.34. The monoisotopic (exact) mass is 299 g/mol. The van der Waals surface area contributed by atoms with Gasteiger partial charge in [-0.1, -0.05) is 18.2 Å². The lowest BCUT2D eigenvalue weighted by atomic mass is 9.93. The van der Waals surface area contributed by atoms with Crippen LogP contribution in [0.5, 0.6) is 0 Å². The van der Waals surface area contributed by atoms with Gasteiger partial charge in [-0.15, -0.1) is 0 Å². The van der Waals surface area contributed by atoms with Crippen molar-refractivity contribution in [2.75, 3.05) is 0 Å². The van der Waals surface area contributed by atoms with Gasteiger partial charge in [0.25, 0.3) is 5.91 Å². The molecule has 0 aromatic heterocycles. The second kappa shape index (κ2) is 4.64. The Balaban J connectivity index is 2.20. The Labute approximate surface area is 126 Å². The van der Waals surface area contributed by atoms with Crippen molar-refractivity contribution >= 4 is 11.9 Å². The molecule has 112 valence electrons. The Hall–Kier alpha value is -2.73. The van der Waals surface area contributed by atoms with Crippen molar-refractivity contribution in [3.8, 4) is 11.1 Å². The Morgan fingerprint density at radius 1 is 1.23 bits per heavy atom. The molecule has 0 saturated carbocycles. The summed E-state index contributed by atoms with van der Waals surface area (Å²) in [6, 6.07) is 9.13. The van der Waals surface area contributed by atoms with Gasteiger partial charge in [0.1, 0.15) is 11.4 Å². The number of aliphatic imine (C=N–C) groups is 1. The van der Waals surface area contributed by atoms with Crippen molar-refractivity contribution in [2.24, 2.45) is 16.5 Å². The van der Waals surface area contributed by atoms with Gasteiger partial charge in [-0.3, -0.25) is 4.79 Å². The molecule has 0 bridgehead atoms. The van der Waals surface area contributed by atoms with Crippen molar-refractivity contribution in [1.82, 2.24) is 0 Å².